The van der Waals surface area contributed by atoms with Gasteiger partial charge >= 0.3 is 5.91 Å². The Bertz CT molecular complexity index is 1170. The fourth-order valence-electron chi connectivity index (χ4n) is 5.23. The van der Waals surface area contributed by atoms with Gasteiger partial charge in [-0.25, -0.2) is 15.0 Å². The van der Waals surface area contributed by atoms with E-state index in [0.29, 0.717) is 11.5 Å². The fourth-order valence-corrected chi connectivity index (χ4v) is 5.23. The number of hydrogen-bond donors (Lipinski definition) is 2. The molecule has 172 valence electrons. The number of ether oxygens (including phenoxy) is 1. The molecule has 2 N–H and O–H groups in total. The van der Waals surface area contributed by atoms with Gasteiger partial charge in [0, 0.05) is 16.9 Å². The minimum Gasteiger partial charge on any atom is -0.483 e. The summed E-state index contributed by atoms with van der Waals surface area (Å²) in [7, 11) is 1.59. The van der Waals surface area contributed by atoms with Crippen LogP contribution >= 0.6 is 0 Å². The second-order valence-corrected chi connectivity index (χ2v) is 9.29. The molecule has 1 aliphatic heterocycles. The largest absolute Gasteiger partial charge is 0.483 e. The van der Waals surface area contributed by atoms with Crippen molar-refractivity contribution in [3.05, 3.63) is 65.9 Å². The first kappa shape index (κ1) is 21.8. The molecule has 2 aliphatic rings. The number of hydroxylamine groups is 4. The first-order valence-electron chi connectivity index (χ1n) is 11.6. The van der Waals surface area contributed by atoms with E-state index in [0.717, 1.165) is 47.8 Å². The first-order chi connectivity index (χ1) is 15.9. The number of hydrogen-bond acceptors (Lipinski definition) is 6. The number of nitrogens with one attached hydrogen (secondary N) is 1. The first-order valence-corrected chi connectivity index (χ1v) is 11.6. The summed E-state index contributed by atoms with van der Waals surface area (Å²) in [6.45, 7) is 1.99. The summed E-state index contributed by atoms with van der Waals surface area (Å²) in [5, 5.41) is 12.4. The van der Waals surface area contributed by atoms with E-state index in [1.807, 2.05) is 54.6 Å². The highest BCUT2D eigenvalue weighted by Gasteiger charge is 2.49. The third-order valence-electron chi connectivity index (χ3n) is 6.89. The third kappa shape index (κ3) is 4.19. The van der Waals surface area contributed by atoms with Crippen LogP contribution in [0.4, 0.5) is 0 Å². The number of carbonyl (C=O) groups is 1. The number of amides is 1. The second-order valence-electron chi connectivity index (χ2n) is 9.29. The Labute approximate surface area is 193 Å². The van der Waals surface area contributed by atoms with Crippen molar-refractivity contribution >= 4 is 16.8 Å². The van der Waals surface area contributed by atoms with Crippen LogP contribution in [0.5, 0.6) is 11.5 Å². The van der Waals surface area contributed by atoms with E-state index >= 15 is 0 Å². The fraction of sp³-hybridized carbons (Fsp3) is 0.385. The summed E-state index contributed by atoms with van der Waals surface area (Å²) in [5.41, 5.74) is 5.40. The SMILES string of the molecule is CC1NOc2cc(ccc2OCc2ccc3ccccc3n2)C(C2CCCC2)[N+](C)(O)C1=O. The standard InChI is InChI=1S/C26H30N3O4/c1-17-26(30)29(2,31)25(19-8-3-4-9-19)20-12-14-23(24(15-20)33-28-17)32-16-21-13-11-18-7-5-6-10-22(18)27-21/h5-7,10-15,17,19,25,28,31H,3-4,8-9,16H2,1-2H3/q+1. The van der Waals surface area contributed by atoms with Gasteiger partial charge in [0.1, 0.15) is 13.7 Å². The molecular weight excluding hydrogens is 418 g/mol. The van der Waals surface area contributed by atoms with Gasteiger partial charge in [-0.3, -0.25) is 0 Å². The molecule has 1 amide bonds. The highest BCUT2D eigenvalue weighted by molar-refractivity contribution is 5.78. The minimum atomic E-state index is -0.692. The maximum Gasteiger partial charge on any atom is 0.365 e. The lowest BCUT2D eigenvalue weighted by molar-refractivity contribution is -1.05. The molecule has 0 saturated heterocycles. The molecule has 0 spiro atoms. The number of likely N-dealkylation sites (N-methyl/N-ethyl adjacent to an activating group) is 1. The highest BCUT2D eigenvalue weighted by Crippen LogP contribution is 2.44. The number of pyridine rings is 1. The number of rotatable bonds is 4. The van der Waals surface area contributed by atoms with E-state index in [4.69, 9.17) is 9.57 Å². The zero-order valence-corrected chi connectivity index (χ0v) is 19.0. The van der Waals surface area contributed by atoms with E-state index in [9.17, 15) is 10.0 Å². The summed E-state index contributed by atoms with van der Waals surface area (Å²) in [5.74, 6) is 0.964. The second kappa shape index (κ2) is 8.74. The van der Waals surface area contributed by atoms with Gasteiger partial charge in [0.15, 0.2) is 23.6 Å². The smallest absolute Gasteiger partial charge is 0.365 e. The van der Waals surface area contributed by atoms with Gasteiger partial charge in [0.2, 0.25) is 0 Å². The molecule has 5 rings (SSSR count). The van der Waals surface area contributed by atoms with Gasteiger partial charge in [-0.1, -0.05) is 37.1 Å². The Balaban J connectivity index is 1.45. The van der Waals surface area contributed by atoms with Gasteiger partial charge < -0.3 is 9.57 Å². The van der Waals surface area contributed by atoms with Crippen LogP contribution in [-0.4, -0.2) is 33.8 Å². The van der Waals surface area contributed by atoms with Gasteiger partial charge in [0.25, 0.3) is 0 Å². The molecule has 3 unspecified atom stereocenters. The Morgan fingerprint density at radius 3 is 2.76 bits per heavy atom. The van der Waals surface area contributed by atoms with Crippen molar-refractivity contribution in [3.8, 4) is 11.5 Å². The molecule has 2 aromatic carbocycles. The quantitative estimate of drug-likeness (QED) is 0.445. The molecule has 3 atom stereocenters. The average Bonchev–Trinajstić information content (AvgIpc) is 3.35. The van der Waals surface area contributed by atoms with Crippen LogP contribution in [-0.2, 0) is 11.4 Å². The van der Waals surface area contributed by atoms with Crippen LogP contribution in [0.25, 0.3) is 10.9 Å². The van der Waals surface area contributed by atoms with Gasteiger partial charge in [-0.15, -0.1) is 10.1 Å². The van der Waals surface area contributed by atoms with Crippen molar-refractivity contribution in [2.75, 3.05) is 7.05 Å². The molecule has 33 heavy (non-hydrogen) atoms. The molecule has 2 heterocycles. The van der Waals surface area contributed by atoms with Crippen molar-refractivity contribution in [2.24, 2.45) is 5.92 Å². The predicted octanol–water partition coefficient (Wildman–Crippen LogP) is 4.69. The van der Waals surface area contributed by atoms with E-state index in [2.05, 4.69) is 10.5 Å². The van der Waals surface area contributed by atoms with Crippen LogP contribution in [0.2, 0.25) is 0 Å². The average molecular weight is 449 g/mol. The molecule has 0 radical (unpaired) electrons. The number of benzene rings is 2. The molecule has 1 saturated carbocycles. The molecule has 7 heteroatoms. The zero-order chi connectivity index (χ0) is 23.0. The number of carbonyl (C=O) groups excluding carboxylic acids is 1. The normalized spacial score (nSPS) is 25.8. The maximum absolute atomic E-state index is 13.1. The van der Waals surface area contributed by atoms with Crippen LogP contribution in [0.3, 0.4) is 0 Å². The minimum absolute atomic E-state index is 0.232. The van der Waals surface area contributed by atoms with Crippen molar-refractivity contribution < 1.29 is 24.2 Å². The summed E-state index contributed by atoms with van der Waals surface area (Å²) in [4.78, 5) is 23.6. The van der Waals surface area contributed by atoms with E-state index in [1.54, 1.807) is 14.0 Å². The molecular formula is C26H30N3O4+. The van der Waals surface area contributed by atoms with Crippen LogP contribution < -0.4 is 15.1 Å². The molecule has 1 fully saturated rings. The van der Waals surface area contributed by atoms with Gasteiger partial charge in [0.05, 0.1) is 11.2 Å². The summed E-state index contributed by atoms with van der Waals surface area (Å²) < 4.78 is 5.39. The van der Waals surface area contributed by atoms with E-state index < -0.39 is 10.7 Å². The number of quaternary nitrogens is 1. The lowest BCUT2D eigenvalue weighted by atomic mass is 9.89. The lowest BCUT2D eigenvalue weighted by Gasteiger charge is -2.36. The number of para-hydroxylation sites is 1. The summed E-state index contributed by atoms with van der Waals surface area (Å²) >= 11 is 0. The third-order valence-corrected chi connectivity index (χ3v) is 6.89. The van der Waals surface area contributed by atoms with Crippen LogP contribution in [0.15, 0.2) is 54.6 Å². The molecule has 2 bridgehead atoms. The Kier molecular flexibility index (Phi) is 5.78. The molecule has 7 nitrogen and oxygen atoms in total. The van der Waals surface area contributed by atoms with Gasteiger partial charge in [-0.05, 0) is 50.1 Å². The zero-order valence-electron chi connectivity index (χ0n) is 19.0. The van der Waals surface area contributed by atoms with Crippen LogP contribution in [0, 0.1) is 5.92 Å². The van der Waals surface area contributed by atoms with Crippen LogP contribution in [0.1, 0.15) is 49.9 Å². The van der Waals surface area contributed by atoms with Gasteiger partial charge in [-0.2, -0.15) is 0 Å². The lowest BCUT2D eigenvalue weighted by Crippen LogP contribution is -2.57. The monoisotopic (exact) mass is 448 g/mol. The van der Waals surface area contributed by atoms with Crippen molar-refractivity contribution in [1.82, 2.24) is 10.5 Å². The van der Waals surface area contributed by atoms with E-state index in [1.165, 1.54) is 0 Å². The highest BCUT2D eigenvalue weighted by atomic mass is 16.7. The van der Waals surface area contributed by atoms with E-state index in [-0.39, 0.29) is 24.5 Å². The maximum atomic E-state index is 13.1. The molecule has 1 aliphatic carbocycles. The number of nitrogens with zero attached hydrogens (tertiary/aromatic N) is 2. The summed E-state index contributed by atoms with van der Waals surface area (Å²) in [6.07, 6.45) is 4.23. The Hall–Kier alpha value is -3.00. The van der Waals surface area contributed by atoms with Crippen molar-refractivity contribution in [3.63, 3.8) is 0 Å². The molecule has 1 aromatic heterocycles. The molecule has 3 aromatic rings. The van der Waals surface area contributed by atoms with Crippen molar-refractivity contribution in [2.45, 2.75) is 51.3 Å². The predicted molar refractivity (Wildman–Crippen MR) is 123 cm³/mol. The summed E-state index contributed by atoms with van der Waals surface area (Å²) in [6, 6.07) is 16.6. The Morgan fingerprint density at radius 2 is 1.94 bits per heavy atom. The van der Waals surface area contributed by atoms with Crippen molar-refractivity contribution in [1.29, 1.82) is 0 Å². The number of fused-ring (bicyclic) bond motifs is 3. The number of aromatic nitrogens is 1. The Morgan fingerprint density at radius 1 is 1.15 bits per heavy atom. The topological polar surface area (TPSA) is 80.7 Å².